The van der Waals surface area contributed by atoms with Crippen molar-refractivity contribution >= 4 is 21.4 Å². The summed E-state index contributed by atoms with van der Waals surface area (Å²) in [4.78, 5) is 0. The fraction of sp³-hybridized carbons (Fsp3) is 0.333. The van der Waals surface area contributed by atoms with E-state index in [0.717, 1.165) is 47.1 Å². The normalized spacial score (nSPS) is 17.5. The number of halogens is 1. The van der Waals surface area contributed by atoms with Gasteiger partial charge in [0, 0.05) is 22.4 Å². The van der Waals surface area contributed by atoms with Crippen LogP contribution in [-0.2, 0) is 9.47 Å². The quantitative estimate of drug-likeness (QED) is 0.525. The lowest BCUT2D eigenvalue weighted by Crippen LogP contribution is -2.24. The highest BCUT2D eigenvalue weighted by Gasteiger charge is 2.15. The van der Waals surface area contributed by atoms with Gasteiger partial charge >= 0.3 is 0 Å². The minimum atomic E-state index is -0.271. The van der Waals surface area contributed by atoms with E-state index < -0.39 is 0 Å². The van der Waals surface area contributed by atoms with E-state index in [1.54, 1.807) is 17.4 Å². The average Bonchev–Trinajstić information content (AvgIpc) is 3.16. The van der Waals surface area contributed by atoms with Crippen LogP contribution in [0.15, 0.2) is 47.8 Å². The summed E-state index contributed by atoms with van der Waals surface area (Å²) < 4.78 is 32.2. The van der Waals surface area contributed by atoms with Crippen molar-refractivity contribution in [3.8, 4) is 16.9 Å². The number of hydrogen-bond acceptors (Lipinski definition) is 4. The van der Waals surface area contributed by atoms with Gasteiger partial charge in [-0.1, -0.05) is 18.2 Å². The highest BCUT2D eigenvalue weighted by Crippen LogP contribution is 2.37. The number of fused-ring (bicyclic) bond motifs is 1. The van der Waals surface area contributed by atoms with Gasteiger partial charge in [-0.2, -0.15) is 0 Å². The molecule has 2 heterocycles. The van der Waals surface area contributed by atoms with Crippen molar-refractivity contribution in [2.75, 3.05) is 19.8 Å². The van der Waals surface area contributed by atoms with Gasteiger partial charge in [0.1, 0.15) is 18.2 Å². The molecular weight excluding hydrogens is 351 g/mol. The zero-order valence-electron chi connectivity index (χ0n) is 14.4. The molecular formula is C21H21FO3S. The molecule has 4 rings (SSSR count). The monoisotopic (exact) mass is 372 g/mol. The summed E-state index contributed by atoms with van der Waals surface area (Å²) in [5, 5.41) is 3.20. The molecule has 3 aromatic rings. The van der Waals surface area contributed by atoms with Crippen molar-refractivity contribution in [1.29, 1.82) is 0 Å². The standard InChI is InChI=1S/C21H21FO3S/c22-16-7-8-19(23-11-12-25-20-6-1-2-10-24-20)18(14-16)17-5-3-4-15-9-13-26-21(15)17/h3-5,7-9,13-14,20H,1-2,6,10-12H2. The zero-order valence-corrected chi connectivity index (χ0v) is 15.3. The maximum absolute atomic E-state index is 13.9. The molecule has 0 bridgehead atoms. The van der Waals surface area contributed by atoms with E-state index in [4.69, 9.17) is 14.2 Å². The predicted molar refractivity (Wildman–Crippen MR) is 102 cm³/mol. The van der Waals surface area contributed by atoms with Crippen LogP contribution in [-0.4, -0.2) is 26.1 Å². The molecule has 1 unspecified atom stereocenters. The highest BCUT2D eigenvalue weighted by molar-refractivity contribution is 7.17. The Morgan fingerprint density at radius 2 is 2.04 bits per heavy atom. The first-order valence-electron chi connectivity index (χ1n) is 8.93. The van der Waals surface area contributed by atoms with Gasteiger partial charge in [0.2, 0.25) is 0 Å². The van der Waals surface area contributed by atoms with Crippen molar-refractivity contribution in [3.63, 3.8) is 0 Å². The second-order valence-electron chi connectivity index (χ2n) is 6.30. The molecule has 0 N–H and O–H groups in total. The molecule has 1 aliphatic heterocycles. The summed E-state index contributed by atoms with van der Waals surface area (Å²) in [5.41, 5.74) is 1.76. The van der Waals surface area contributed by atoms with E-state index >= 15 is 0 Å². The molecule has 0 aliphatic carbocycles. The van der Waals surface area contributed by atoms with Crippen molar-refractivity contribution in [2.45, 2.75) is 25.6 Å². The second kappa shape index (κ2) is 8.16. The van der Waals surface area contributed by atoms with Gasteiger partial charge in [0.25, 0.3) is 0 Å². The molecule has 1 fully saturated rings. The average molecular weight is 372 g/mol. The first-order chi connectivity index (χ1) is 12.8. The molecule has 0 amide bonds. The van der Waals surface area contributed by atoms with Gasteiger partial charge in [0.15, 0.2) is 6.29 Å². The van der Waals surface area contributed by atoms with E-state index in [2.05, 4.69) is 12.1 Å². The Kier molecular flexibility index (Phi) is 5.48. The lowest BCUT2D eigenvalue weighted by Gasteiger charge is -2.22. The van der Waals surface area contributed by atoms with Crippen molar-refractivity contribution in [1.82, 2.24) is 0 Å². The van der Waals surface area contributed by atoms with E-state index in [1.165, 1.54) is 12.1 Å². The van der Waals surface area contributed by atoms with E-state index in [9.17, 15) is 4.39 Å². The molecule has 5 heteroatoms. The molecule has 1 aliphatic rings. The maximum atomic E-state index is 13.9. The summed E-state index contributed by atoms with van der Waals surface area (Å²) in [6.45, 7) is 1.61. The molecule has 1 saturated heterocycles. The van der Waals surface area contributed by atoms with Crippen LogP contribution >= 0.6 is 11.3 Å². The molecule has 0 saturated carbocycles. The molecule has 0 radical (unpaired) electrons. The molecule has 26 heavy (non-hydrogen) atoms. The van der Waals surface area contributed by atoms with Gasteiger partial charge in [0.05, 0.1) is 6.61 Å². The lowest BCUT2D eigenvalue weighted by molar-refractivity contribution is -0.165. The summed E-state index contributed by atoms with van der Waals surface area (Å²) in [6, 6.07) is 12.8. The van der Waals surface area contributed by atoms with Crippen LogP contribution in [0.4, 0.5) is 4.39 Å². The van der Waals surface area contributed by atoms with Crippen LogP contribution in [0.25, 0.3) is 21.2 Å². The van der Waals surface area contributed by atoms with Crippen LogP contribution < -0.4 is 4.74 Å². The summed E-state index contributed by atoms with van der Waals surface area (Å²) in [7, 11) is 0. The molecule has 0 spiro atoms. The van der Waals surface area contributed by atoms with Gasteiger partial charge in [-0.15, -0.1) is 11.3 Å². The third-order valence-electron chi connectivity index (χ3n) is 4.49. The number of rotatable bonds is 6. The van der Waals surface area contributed by atoms with Crippen LogP contribution in [0.1, 0.15) is 19.3 Å². The predicted octanol–water partition coefficient (Wildman–Crippen LogP) is 5.63. The number of ether oxygens (including phenoxy) is 3. The zero-order chi connectivity index (χ0) is 17.8. The summed E-state index contributed by atoms with van der Waals surface area (Å²) in [5.74, 6) is 0.397. The highest BCUT2D eigenvalue weighted by atomic mass is 32.1. The Hall–Kier alpha value is -1.95. The first-order valence-corrected chi connectivity index (χ1v) is 9.81. The van der Waals surface area contributed by atoms with E-state index in [1.807, 2.05) is 17.5 Å². The number of hydrogen-bond donors (Lipinski definition) is 0. The molecule has 1 atom stereocenters. The third kappa shape index (κ3) is 3.90. The lowest BCUT2D eigenvalue weighted by atomic mass is 10.0. The minimum absolute atomic E-state index is 0.125. The fourth-order valence-electron chi connectivity index (χ4n) is 3.22. The Balaban J connectivity index is 1.49. The van der Waals surface area contributed by atoms with Gasteiger partial charge < -0.3 is 14.2 Å². The maximum Gasteiger partial charge on any atom is 0.157 e. The second-order valence-corrected chi connectivity index (χ2v) is 7.22. The van der Waals surface area contributed by atoms with E-state index in [0.29, 0.717) is 19.0 Å². The molecule has 136 valence electrons. The van der Waals surface area contributed by atoms with Crippen molar-refractivity contribution < 1.29 is 18.6 Å². The largest absolute Gasteiger partial charge is 0.491 e. The Labute approximate surface area is 156 Å². The Morgan fingerprint density at radius 1 is 1.08 bits per heavy atom. The molecule has 1 aromatic heterocycles. The van der Waals surface area contributed by atoms with Crippen LogP contribution in [0.2, 0.25) is 0 Å². The first kappa shape index (κ1) is 17.5. The third-order valence-corrected chi connectivity index (χ3v) is 5.46. The van der Waals surface area contributed by atoms with Crippen LogP contribution in [0, 0.1) is 5.82 Å². The van der Waals surface area contributed by atoms with Crippen molar-refractivity contribution in [3.05, 3.63) is 53.7 Å². The van der Waals surface area contributed by atoms with Gasteiger partial charge in [-0.25, -0.2) is 4.39 Å². The summed E-state index contributed by atoms with van der Waals surface area (Å²) in [6.07, 6.45) is 3.05. The fourth-order valence-corrected chi connectivity index (χ4v) is 4.15. The summed E-state index contributed by atoms with van der Waals surface area (Å²) >= 11 is 1.65. The van der Waals surface area contributed by atoms with E-state index in [-0.39, 0.29) is 12.1 Å². The topological polar surface area (TPSA) is 27.7 Å². The minimum Gasteiger partial charge on any atom is -0.491 e. The molecule has 2 aromatic carbocycles. The van der Waals surface area contributed by atoms with Gasteiger partial charge in [-0.05, 0) is 54.3 Å². The molecule has 3 nitrogen and oxygen atoms in total. The number of thiophene rings is 1. The Bertz CT molecular complexity index is 871. The van der Waals surface area contributed by atoms with Crippen molar-refractivity contribution in [2.24, 2.45) is 0 Å². The number of benzene rings is 2. The van der Waals surface area contributed by atoms with Crippen LogP contribution in [0.5, 0.6) is 5.75 Å². The van der Waals surface area contributed by atoms with Gasteiger partial charge in [-0.3, -0.25) is 0 Å². The Morgan fingerprint density at radius 3 is 2.92 bits per heavy atom. The SMILES string of the molecule is Fc1ccc(OCCOC2CCCCO2)c(-c2cccc3ccsc23)c1. The smallest absolute Gasteiger partial charge is 0.157 e. The van der Waals surface area contributed by atoms with Crippen LogP contribution in [0.3, 0.4) is 0 Å².